The Morgan fingerprint density at radius 2 is 1.81 bits per heavy atom. The largest absolute Gasteiger partial charge is 0.459 e. The van der Waals surface area contributed by atoms with Gasteiger partial charge in [-0.05, 0) is 39.8 Å². The molecule has 1 aromatic rings. The Balaban J connectivity index is 2.90. The topological polar surface area (TPSA) is 98.5 Å². The van der Waals surface area contributed by atoms with Gasteiger partial charge in [-0.1, -0.05) is 17.7 Å². The van der Waals surface area contributed by atoms with Crippen LogP contribution in [0, 0.1) is 6.92 Å². The van der Waals surface area contributed by atoms with Crippen molar-refractivity contribution in [2.24, 2.45) is 5.73 Å². The van der Waals surface area contributed by atoms with Gasteiger partial charge >= 0.3 is 5.97 Å². The molecule has 1 rings (SSSR count). The fourth-order valence-corrected chi connectivity index (χ4v) is 2.74. The zero-order valence-electron chi connectivity index (χ0n) is 12.7. The van der Waals surface area contributed by atoms with E-state index in [-0.39, 0.29) is 11.4 Å². The second kappa shape index (κ2) is 6.55. The van der Waals surface area contributed by atoms with Gasteiger partial charge in [-0.15, -0.1) is 0 Å². The number of esters is 1. The molecule has 0 heterocycles. The van der Waals surface area contributed by atoms with Crippen LogP contribution in [-0.4, -0.2) is 32.6 Å². The molecular weight excluding hydrogens is 292 g/mol. The van der Waals surface area contributed by atoms with Crippen LogP contribution in [0.25, 0.3) is 0 Å². The fraction of sp³-hybridized carbons (Fsp3) is 0.500. The summed E-state index contributed by atoms with van der Waals surface area (Å²) in [6.07, 6.45) is 0. The number of aryl methyl sites for hydroxylation is 1. The van der Waals surface area contributed by atoms with Crippen molar-refractivity contribution in [2.45, 2.75) is 44.2 Å². The summed E-state index contributed by atoms with van der Waals surface area (Å²) in [5, 5.41) is 0. The first kappa shape index (κ1) is 17.6. The van der Waals surface area contributed by atoms with Crippen LogP contribution in [0.15, 0.2) is 29.2 Å². The molecule has 0 aliphatic carbocycles. The first-order chi connectivity index (χ1) is 9.55. The summed E-state index contributed by atoms with van der Waals surface area (Å²) in [5.41, 5.74) is 5.71. The molecule has 0 aromatic heterocycles. The summed E-state index contributed by atoms with van der Waals surface area (Å²) in [5.74, 6) is -0.694. The Bertz CT molecular complexity index is 588. The van der Waals surface area contributed by atoms with E-state index in [9.17, 15) is 13.2 Å². The van der Waals surface area contributed by atoms with Crippen molar-refractivity contribution in [3.63, 3.8) is 0 Å². The van der Waals surface area contributed by atoms with Gasteiger partial charge < -0.3 is 10.5 Å². The number of hydrogen-bond donors (Lipinski definition) is 2. The molecule has 0 unspecified atom stereocenters. The van der Waals surface area contributed by atoms with E-state index in [4.69, 9.17) is 10.5 Å². The van der Waals surface area contributed by atoms with Gasteiger partial charge in [0.05, 0.1) is 4.90 Å². The Labute approximate surface area is 125 Å². The highest BCUT2D eigenvalue weighted by atomic mass is 32.2. The van der Waals surface area contributed by atoms with Gasteiger partial charge in [0, 0.05) is 6.54 Å². The third-order valence-electron chi connectivity index (χ3n) is 2.56. The van der Waals surface area contributed by atoms with Crippen LogP contribution in [0.1, 0.15) is 26.3 Å². The van der Waals surface area contributed by atoms with Gasteiger partial charge in [0.1, 0.15) is 11.6 Å². The first-order valence-electron chi connectivity index (χ1n) is 6.57. The maximum atomic E-state index is 12.2. The number of rotatable bonds is 5. The molecule has 0 aliphatic heterocycles. The molecular formula is C14H22N2O4S. The molecule has 1 aromatic carbocycles. The lowest BCUT2D eigenvalue weighted by atomic mass is 10.2. The summed E-state index contributed by atoms with van der Waals surface area (Å²) in [4.78, 5) is 12.0. The van der Waals surface area contributed by atoms with Gasteiger partial charge in [-0.3, -0.25) is 4.79 Å². The van der Waals surface area contributed by atoms with Crippen LogP contribution >= 0.6 is 0 Å². The van der Waals surface area contributed by atoms with E-state index in [1.807, 2.05) is 6.92 Å². The number of nitrogens with two attached hydrogens (primary N) is 1. The highest BCUT2D eigenvalue weighted by Gasteiger charge is 2.28. The SMILES string of the molecule is Cc1ccc(S(=O)(=O)N[C@@H](CN)C(=O)OC(C)(C)C)cc1. The number of carbonyl (C=O) groups is 1. The zero-order valence-corrected chi connectivity index (χ0v) is 13.5. The first-order valence-corrected chi connectivity index (χ1v) is 8.05. The molecule has 0 fully saturated rings. The standard InChI is InChI=1S/C14H22N2O4S/c1-10-5-7-11(8-6-10)21(18,19)16-12(9-15)13(17)20-14(2,3)4/h5-8,12,16H,9,15H2,1-4H3/t12-/m0/s1. The van der Waals surface area contributed by atoms with Crippen molar-refractivity contribution in [3.8, 4) is 0 Å². The van der Waals surface area contributed by atoms with Crippen LogP contribution in [0.4, 0.5) is 0 Å². The smallest absolute Gasteiger partial charge is 0.326 e. The Morgan fingerprint density at radius 3 is 2.24 bits per heavy atom. The van der Waals surface area contributed by atoms with Crippen LogP contribution in [0.3, 0.4) is 0 Å². The second-order valence-corrected chi connectivity index (χ2v) is 7.47. The van der Waals surface area contributed by atoms with Crippen molar-refractivity contribution in [1.29, 1.82) is 0 Å². The van der Waals surface area contributed by atoms with Crippen molar-refractivity contribution in [1.82, 2.24) is 4.72 Å². The number of benzene rings is 1. The minimum atomic E-state index is -3.82. The van der Waals surface area contributed by atoms with Gasteiger partial charge in [-0.2, -0.15) is 4.72 Å². The monoisotopic (exact) mass is 314 g/mol. The van der Waals surface area contributed by atoms with Crippen LogP contribution in [0.5, 0.6) is 0 Å². The van der Waals surface area contributed by atoms with Gasteiger partial charge in [0.15, 0.2) is 0 Å². The van der Waals surface area contributed by atoms with E-state index in [0.29, 0.717) is 0 Å². The number of carbonyl (C=O) groups excluding carboxylic acids is 1. The predicted molar refractivity (Wildman–Crippen MR) is 80.2 cm³/mol. The van der Waals surface area contributed by atoms with Crippen molar-refractivity contribution >= 4 is 16.0 Å². The number of ether oxygens (including phenoxy) is 1. The molecule has 3 N–H and O–H groups in total. The summed E-state index contributed by atoms with van der Waals surface area (Å²) >= 11 is 0. The van der Waals surface area contributed by atoms with Crippen molar-refractivity contribution in [2.75, 3.05) is 6.54 Å². The van der Waals surface area contributed by atoms with Gasteiger partial charge in [0.2, 0.25) is 10.0 Å². The normalized spacial score (nSPS) is 13.8. The second-order valence-electron chi connectivity index (χ2n) is 5.76. The highest BCUT2D eigenvalue weighted by Crippen LogP contribution is 2.12. The molecule has 7 heteroatoms. The molecule has 0 bridgehead atoms. The maximum absolute atomic E-state index is 12.2. The predicted octanol–water partition coefficient (Wildman–Crippen LogP) is 0.942. The van der Waals surface area contributed by atoms with E-state index in [2.05, 4.69) is 4.72 Å². The van der Waals surface area contributed by atoms with Crippen molar-refractivity contribution in [3.05, 3.63) is 29.8 Å². The van der Waals surface area contributed by atoms with E-state index in [1.165, 1.54) is 12.1 Å². The molecule has 118 valence electrons. The lowest BCUT2D eigenvalue weighted by Crippen LogP contribution is -2.48. The summed E-state index contributed by atoms with van der Waals surface area (Å²) in [6.45, 7) is 6.78. The quantitative estimate of drug-likeness (QED) is 0.788. The Kier molecular flexibility index (Phi) is 5.49. The summed E-state index contributed by atoms with van der Waals surface area (Å²) in [6, 6.07) is 5.19. The molecule has 0 spiro atoms. The lowest BCUT2D eigenvalue weighted by molar-refractivity contribution is -0.156. The van der Waals surface area contributed by atoms with Crippen LogP contribution in [0.2, 0.25) is 0 Å². The number of hydrogen-bond acceptors (Lipinski definition) is 5. The molecule has 0 aliphatic rings. The number of nitrogens with one attached hydrogen (secondary N) is 1. The molecule has 0 saturated carbocycles. The molecule has 1 atom stereocenters. The molecule has 0 saturated heterocycles. The van der Waals surface area contributed by atoms with Crippen molar-refractivity contribution < 1.29 is 17.9 Å². The Hall–Kier alpha value is -1.44. The number of sulfonamides is 1. The van der Waals surface area contributed by atoms with E-state index >= 15 is 0 Å². The molecule has 6 nitrogen and oxygen atoms in total. The fourth-order valence-electron chi connectivity index (χ4n) is 1.54. The lowest BCUT2D eigenvalue weighted by Gasteiger charge is -2.23. The minimum absolute atomic E-state index is 0.0788. The highest BCUT2D eigenvalue weighted by molar-refractivity contribution is 7.89. The summed E-state index contributed by atoms with van der Waals surface area (Å²) in [7, 11) is -3.82. The molecule has 21 heavy (non-hydrogen) atoms. The zero-order chi connectivity index (χ0) is 16.3. The van der Waals surface area contributed by atoms with Gasteiger partial charge in [-0.25, -0.2) is 8.42 Å². The maximum Gasteiger partial charge on any atom is 0.326 e. The minimum Gasteiger partial charge on any atom is -0.459 e. The van der Waals surface area contributed by atoms with E-state index in [1.54, 1.807) is 32.9 Å². The third kappa shape index (κ3) is 5.45. The van der Waals surface area contributed by atoms with Crippen LogP contribution in [-0.2, 0) is 19.6 Å². The van der Waals surface area contributed by atoms with E-state index in [0.717, 1.165) is 5.56 Å². The van der Waals surface area contributed by atoms with Crippen LogP contribution < -0.4 is 10.5 Å². The van der Waals surface area contributed by atoms with E-state index < -0.39 is 27.6 Å². The third-order valence-corrected chi connectivity index (χ3v) is 4.04. The Morgan fingerprint density at radius 1 is 1.29 bits per heavy atom. The van der Waals surface area contributed by atoms with Gasteiger partial charge in [0.25, 0.3) is 0 Å². The molecule has 0 amide bonds. The molecule has 0 radical (unpaired) electrons. The summed E-state index contributed by atoms with van der Waals surface area (Å²) < 4.78 is 31.8. The average Bonchev–Trinajstić information content (AvgIpc) is 2.34. The average molecular weight is 314 g/mol.